The molecular weight excluding hydrogens is 381 g/mol. The highest BCUT2D eigenvalue weighted by molar-refractivity contribution is 7.53. The largest absolute Gasteiger partial charge is 0.335 e. The smallest absolute Gasteiger partial charge is 0.321 e. The van der Waals surface area contributed by atoms with Crippen molar-refractivity contribution in [2.24, 2.45) is 0 Å². The number of thiophene rings is 1. The lowest BCUT2D eigenvalue weighted by atomic mass is 10.2. The molecule has 136 valence electrons. The van der Waals surface area contributed by atoms with Crippen molar-refractivity contribution in [1.82, 2.24) is 0 Å². The van der Waals surface area contributed by atoms with Crippen molar-refractivity contribution < 1.29 is 18.4 Å². The fourth-order valence-electron chi connectivity index (χ4n) is 2.25. The van der Waals surface area contributed by atoms with Crippen LogP contribution in [0.2, 0.25) is 5.02 Å². The number of rotatable bonds is 8. The first kappa shape index (κ1) is 20.1. The minimum Gasteiger partial charge on any atom is -0.321 e. The molecule has 25 heavy (non-hydrogen) atoms. The third-order valence-electron chi connectivity index (χ3n) is 3.32. The molecule has 0 aliphatic heterocycles. The summed E-state index contributed by atoms with van der Waals surface area (Å²) in [6, 6.07) is 8.77. The van der Waals surface area contributed by atoms with Gasteiger partial charge in [0.1, 0.15) is 0 Å². The summed E-state index contributed by atoms with van der Waals surface area (Å²) >= 11 is 7.20. The number of amides is 1. The molecule has 0 radical (unpaired) electrons. The Morgan fingerprint density at radius 3 is 2.48 bits per heavy atom. The summed E-state index contributed by atoms with van der Waals surface area (Å²) in [4.78, 5) is 13.7. The predicted octanol–water partition coefficient (Wildman–Crippen LogP) is 5.73. The monoisotopic (exact) mass is 401 g/mol. The van der Waals surface area contributed by atoms with Crippen LogP contribution in [0.4, 0.5) is 5.69 Å². The van der Waals surface area contributed by atoms with E-state index in [4.69, 9.17) is 20.6 Å². The molecule has 0 spiro atoms. The SMILES string of the molecule is CCOP(=O)(Cc1ccc(C(=O)Nc2ccc(Cl)cc2C)s1)OCC. The molecule has 0 fully saturated rings. The van der Waals surface area contributed by atoms with Gasteiger partial charge in [-0.15, -0.1) is 11.3 Å². The summed E-state index contributed by atoms with van der Waals surface area (Å²) < 4.78 is 23.2. The average molecular weight is 402 g/mol. The molecule has 0 saturated carbocycles. The van der Waals surface area contributed by atoms with Crippen LogP contribution in [0, 0.1) is 6.92 Å². The summed E-state index contributed by atoms with van der Waals surface area (Å²) in [5.41, 5.74) is 1.59. The maximum Gasteiger partial charge on any atom is 0.335 e. The quantitative estimate of drug-likeness (QED) is 0.574. The van der Waals surface area contributed by atoms with Crippen LogP contribution in [0.1, 0.15) is 34.0 Å². The number of hydrogen-bond acceptors (Lipinski definition) is 5. The first-order valence-corrected chi connectivity index (χ1v) is 10.8. The molecule has 2 rings (SSSR count). The third kappa shape index (κ3) is 5.66. The van der Waals surface area contributed by atoms with Gasteiger partial charge >= 0.3 is 7.60 Å². The third-order valence-corrected chi connectivity index (χ3v) is 6.89. The van der Waals surface area contributed by atoms with E-state index in [9.17, 15) is 9.36 Å². The van der Waals surface area contributed by atoms with Gasteiger partial charge in [0, 0.05) is 15.6 Å². The molecule has 0 aliphatic rings. The van der Waals surface area contributed by atoms with E-state index in [1.165, 1.54) is 11.3 Å². The molecule has 1 N–H and O–H groups in total. The second kappa shape index (κ2) is 8.97. The first-order valence-electron chi connectivity index (χ1n) is 7.91. The van der Waals surface area contributed by atoms with Gasteiger partial charge in [-0.05, 0) is 56.7 Å². The summed E-state index contributed by atoms with van der Waals surface area (Å²) in [5.74, 6) is -0.218. The molecule has 1 amide bonds. The van der Waals surface area contributed by atoms with Gasteiger partial charge in [-0.25, -0.2) is 0 Å². The Bertz CT molecular complexity index is 783. The number of anilines is 1. The number of carbonyl (C=O) groups excluding carboxylic acids is 1. The zero-order chi connectivity index (χ0) is 18.4. The lowest BCUT2D eigenvalue weighted by molar-refractivity contribution is 0.103. The fraction of sp³-hybridized carbons (Fsp3) is 0.353. The van der Waals surface area contributed by atoms with Gasteiger partial charge in [-0.1, -0.05) is 11.6 Å². The predicted molar refractivity (Wildman–Crippen MR) is 103 cm³/mol. The summed E-state index contributed by atoms with van der Waals surface area (Å²) in [6.45, 7) is 6.04. The molecule has 1 aromatic heterocycles. The molecule has 0 atom stereocenters. The van der Waals surface area contributed by atoms with Gasteiger partial charge in [-0.2, -0.15) is 0 Å². The van der Waals surface area contributed by atoms with E-state index in [1.807, 2.05) is 6.92 Å². The number of carbonyl (C=O) groups is 1. The van der Waals surface area contributed by atoms with Crippen LogP contribution < -0.4 is 5.32 Å². The van der Waals surface area contributed by atoms with E-state index in [0.717, 1.165) is 10.4 Å². The normalized spacial score (nSPS) is 11.5. The Morgan fingerprint density at radius 2 is 1.88 bits per heavy atom. The zero-order valence-corrected chi connectivity index (χ0v) is 16.8. The van der Waals surface area contributed by atoms with Crippen molar-refractivity contribution in [3.63, 3.8) is 0 Å². The van der Waals surface area contributed by atoms with Crippen molar-refractivity contribution in [2.75, 3.05) is 18.5 Å². The zero-order valence-electron chi connectivity index (χ0n) is 14.4. The van der Waals surface area contributed by atoms with Crippen LogP contribution in [0.3, 0.4) is 0 Å². The summed E-state index contributed by atoms with van der Waals surface area (Å²) in [6.07, 6.45) is 0.159. The Kier molecular flexibility index (Phi) is 7.23. The first-order chi connectivity index (χ1) is 11.9. The summed E-state index contributed by atoms with van der Waals surface area (Å²) in [5, 5.41) is 3.48. The number of benzene rings is 1. The lowest BCUT2D eigenvalue weighted by Gasteiger charge is -2.15. The van der Waals surface area contributed by atoms with Crippen LogP contribution in [-0.2, 0) is 19.8 Å². The van der Waals surface area contributed by atoms with Crippen LogP contribution in [0.25, 0.3) is 0 Å². The highest BCUT2D eigenvalue weighted by Crippen LogP contribution is 2.52. The molecule has 0 unspecified atom stereocenters. The standard InChI is InChI=1S/C17H21ClNO4PS/c1-4-22-24(21,23-5-2)11-14-7-9-16(25-14)17(20)19-15-8-6-13(18)10-12(15)3/h6-10H,4-5,11H2,1-3H3,(H,19,20). The van der Waals surface area contributed by atoms with E-state index < -0.39 is 7.60 Å². The van der Waals surface area contributed by atoms with Crippen LogP contribution in [-0.4, -0.2) is 19.1 Å². The molecule has 1 aromatic carbocycles. The Labute approximate surface area is 156 Å². The highest BCUT2D eigenvalue weighted by atomic mass is 35.5. The van der Waals surface area contributed by atoms with Gasteiger partial charge in [0.15, 0.2) is 0 Å². The van der Waals surface area contributed by atoms with E-state index in [-0.39, 0.29) is 12.1 Å². The van der Waals surface area contributed by atoms with Crippen molar-refractivity contribution in [2.45, 2.75) is 26.9 Å². The fourth-order valence-corrected chi connectivity index (χ4v) is 5.44. The second-order valence-corrected chi connectivity index (χ2v) is 8.94. The number of nitrogens with one attached hydrogen (secondary N) is 1. The van der Waals surface area contributed by atoms with Gasteiger partial charge in [0.25, 0.3) is 5.91 Å². The average Bonchev–Trinajstić information content (AvgIpc) is 2.98. The lowest BCUT2D eigenvalue weighted by Crippen LogP contribution is -2.11. The number of aryl methyl sites for hydroxylation is 1. The molecule has 8 heteroatoms. The van der Waals surface area contributed by atoms with Gasteiger partial charge in [0.05, 0.1) is 24.3 Å². The maximum absolute atomic E-state index is 12.6. The molecule has 0 saturated heterocycles. The van der Waals surface area contributed by atoms with E-state index in [1.54, 1.807) is 44.2 Å². The molecule has 0 aliphatic carbocycles. The number of hydrogen-bond donors (Lipinski definition) is 1. The van der Waals surface area contributed by atoms with E-state index in [2.05, 4.69) is 5.32 Å². The van der Waals surface area contributed by atoms with Crippen LogP contribution >= 0.6 is 30.5 Å². The molecular formula is C17H21ClNO4PS. The topological polar surface area (TPSA) is 64.6 Å². The molecule has 0 bridgehead atoms. The molecule has 5 nitrogen and oxygen atoms in total. The van der Waals surface area contributed by atoms with E-state index in [0.29, 0.717) is 28.8 Å². The molecule has 2 aromatic rings. The van der Waals surface area contributed by atoms with E-state index >= 15 is 0 Å². The Balaban J connectivity index is 2.09. The van der Waals surface area contributed by atoms with Crippen molar-refractivity contribution in [1.29, 1.82) is 0 Å². The van der Waals surface area contributed by atoms with Gasteiger partial charge in [-0.3, -0.25) is 9.36 Å². The van der Waals surface area contributed by atoms with Crippen LogP contribution in [0.15, 0.2) is 30.3 Å². The van der Waals surface area contributed by atoms with Crippen molar-refractivity contribution >= 4 is 42.1 Å². The van der Waals surface area contributed by atoms with Crippen molar-refractivity contribution in [3.8, 4) is 0 Å². The highest BCUT2D eigenvalue weighted by Gasteiger charge is 2.25. The molecule has 1 heterocycles. The minimum atomic E-state index is -3.17. The summed E-state index contributed by atoms with van der Waals surface area (Å²) in [7, 11) is -3.17. The Hall–Kier alpha value is -1.17. The van der Waals surface area contributed by atoms with Crippen molar-refractivity contribution in [3.05, 3.63) is 50.7 Å². The Morgan fingerprint density at radius 1 is 1.20 bits per heavy atom. The van der Waals surface area contributed by atoms with Gasteiger partial charge in [0.2, 0.25) is 0 Å². The number of halogens is 1. The minimum absolute atomic E-state index is 0.159. The maximum atomic E-state index is 12.6. The van der Waals surface area contributed by atoms with Gasteiger partial charge < -0.3 is 14.4 Å². The van der Waals surface area contributed by atoms with Crippen LogP contribution in [0.5, 0.6) is 0 Å². The second-order valence-electron chi connectivity index (χ2n) is 5.28.